The van der Waals surface area contributed by atoms with E-state index in [1.54, 1.807) is 24.3 Å². The van der Waals surface area contributed by atoms with Crippen molar-refractivity contribution in [2.24, 2.45) is 7.05 Å². The summed E-state index contributed by atoms with van der Waals surface area (Å²) in [4.78, 5) is 10.7. The van der Waals surface area contributed by atoms with E-state index in [0.717, 1.165) is 11.3 Å². The Morgan fingerprint density at radius 3 is 2.39 bits per heavy atom. The Morgan fingerprint density at radius 2 is 1.89 bits per heavy atom. The minimum Gasteiger partial charge on any atom is -1.00 e. The Morgan fingerprint density at radius 1 is 1.22 bits per heavy atom. The largest absolute Gasteiger partial charge is 1.00 e. The SMILES string of the molecule is Cn1cccc1/C=C/c1ccc(C(=O)O)cc1.[H-].[Li+]. The molecule has 18 heavy (non-hydrogen) atoms. The fourth-order valence-corrected chi connectivity index (χ4v) is 1.57. The second-order valence-corrected chi connectivity index (χ2v) is 3.80. The van der Waals surface area contributed by atoms with Gasteiger partial charge in [0, 0.05) is 18.9 Å². The quantitative estimate of drug-likeness (QED) is 0.761. The normalized spacial score (nSPS) is 10.3. The van der Waals surface area contributed by atoms with Crippen molar-refractivity contribution in [3.8, 4) is 0 Å². The Kier molecular flexibility index (Phi) is 5.03. The molecule has 0 unspecified atom stereocenters. The molecule has 0 bridgehead atoms. The molecule has 0 amide bonds. The zero-order valence-electron chi connectivity index (χ0n) is 11.5. The average Bonchev–Trinajstić information content (AvgIpc) is 2.73. The van der Waals surface area contributed by atoms with Crippen LogP contribution in [-0.4, -0.2) is 15.6 Å². The summed E-state index contributed by atoms with van der Waals surface area (Å²) in [5.74, 6) is -0.900. The van der Waals surface area contributed by atoms with Gasteiger partial charge in [-0.3, -0.25) is 0 Å². The molecule has 0 aliphatic heterocycles. The third-order valence-electron chi connectivity index (χ3n) is 2.59. The van der Waals surface area contributed by atoms with Gasteiger partial charge in [0.25, 0.3) is 0 Å². The van der Waals surface area contributed by atoms with E-state index < -0.39 is 5.97 Å². The second-order valence-electron chi connectivity index (χ2n) is 3.80. The summed E-state index contributed by atoms with van der Waals surface area (Å²) in [5.41, 5.74) is 2.39. The number of carboxylic acids is 1. The van der Waals surface area contributed by atoms with E-state index in [4.69, 9.17) is 5.11 Å². The van der Waals surface area contributed by atoms with Crippen molar-refractivity contribution in [2.75, 3.05) is 0 Å². The maximum Gasteiger partial charge on any atom is 1.00 e. The fourth-order valence-electron chi connectivity index (χ4n) is 1.57. The molecule has 0 aliphatic carbocycles. The van der Waals surface area contributed by atoms with Crippen molar-refractivity contribution >= 4 is 18.1 Å². The molecular formula is C14H14LiNO2. The van der Waals surface area contributed by atoms with Crippen LogP contribution in [0.1, 0.15) is 23.0 Å². The Bertz CT molecular complexity index is 561. The third-order valence-corrected chi connectivity index (χ3v) is 2.59. The molecule has 0 saturated heterocycles. The van der Waals surface area contributed by atoms with Gasteiger partial charge in [-0.05, 0) is 35.9 Å². The molecule has 1 N–H and O–H groups in total. The monoisotopic (exact) mass is 235 g/mol. The first-order chi connectivity index (χ1) is 8.16. The van der Waals surface area contributed by atoms with Gasteiger partial charge in [-0.25, -0.2) is 4.79 Å². The summed E-state index contributed by atoms with van der Waals surface area (Å²) in [7, 11) is 1.98. The third kappa shape index (κ3) is 3.40. The van der Waals surface area contributed by atoms with E-state index in [-0.39, 0.29) is 20.3 Å². The molecule has 1 aromatic heterocycles. The zero-order chi connectivity index (χ0) is 12.3. The van der Waals surface area contributed by atoms with Crippen LogP contribution in [0.4, 0.5) is 0 Å². The molecule has 1 heterocycles. The van der Waals surface area contributed by atoms with Crippen LogP contribution in [0.25, 0.3) is 12.2 Å². The second kappa shape index (κ2) is 6.30. The van der Waals surface area contributed by atoms with Crippen molar-refractivity contribution in [1.82, 2.24) is 4.57 Å². The van der Waals surface area contributed by atoms with E-state index in [9.17, 15) is 4.79 Å². The maximum atomic E-state index is 10.7. The van der Waals surface area contributed by atoms with Gasteiger partial charge in [0.2, 0.25) is 0 Å². The number of hydrogen-bond acceptors (Lipinski definition) is 1. The molecule has 0 radical (unpaired) electrons. The van der Waals surface area contributed by atoms with E-state index in [2.05, 4.69) is 0 Å². The standard InChI is InChI=1S/C14H13NO2.Li.H/c1-15-10-2-3-13(15)9-6-11-4-7-12(8-5-11)14(16)17;;/h2-10H,1H3,(H,16,17);;/q;+1;-1/b9-6+;;. The fraction of sp³-hybridized carbons (Fsp3) is 0.0714. The molecule has 2 aromatic rings. The molecule has 4 heteroatoms. The van der Waals surface area contributed by atoms with Crippen LogP contribution < -0.4 is 18.9 Å². The first kappa shape index (κ1) is 14.4. The van der Waals surface area contributed by atoms with Crippen molar-refractivity contribution in [3.05, 3.63) is 59.4 Å². The van der Waals surface area contributed by atoms with E-state index in [1.165, 1.54) is 0 Å². The Balaban J connectivity index is 0.00000162. The minimum absolute atomic E-state index is 0. The van der Waals surface area contributed by atoms with Crippen LogP contribution in [0.3, 0.4) is 0 Å². The van der Waals surface area contributed by atoms with Crippen molar-refractivity contribution in [1.29, 1.82) is 0 Å². The van der Waals surface area contributed by atoms with Gasteiger partial charge in [0.15, 0.2) is 0 Å². The van der Waals surface area contributed by atoms with Gasteiger partial charge >= 0.3 is 24.8 Å². The number of aromatic carboxylic acids is 1. The van der Waals surface area contributed by atoms with Gasteiger partial charge in [0.05, 0.1) is 5.56 Å². The van der Waals surface area contributed by atoms with Crippen molar-refractivity contribution in [3.63, 3.8) is 0 Å². The van der Waals surface area contributed by atoms with Crippen LogP contribution in [-0.2, 0) is 7.05 Å². The van der Waals surface area contributed by atoms with Crippen LogP contribution >= 0.6 is 0 Å². The number of carboxylic acid groups (broad SMARTS) is 1. The molecule has 1 aromatic carbocycles. The van der Waals surface area contributed by atoms with Gasteiger partial charge < -0.3 is 11.1 Å². The summed E-state index contributed by atoms with van der Waals surface area (Å²) in [5, 5.41) is 8.77. The van der Waals surface area contributed by atoms with Crippen LogP contribution in [0, 0.1) is 0 Å². The minimum atomic E-state index is -0.900. The number of aromatic nitrogens is 1. The summed E-state index contributed by atoms with van der Waals surface area (Å²) < 4.78 is 2.02. The van der Waals surface area contributed by atoms with Crippen LogP contribution in [0.15, 0.2) is 42.6 Å². The molecule has 3 nitrogen and oxygen atoms in total. The van der Waals surface area contributed by atoms with Crippen LogP contribution in [0.2, 0.25) is 0 Å². The molecule has 0 fully saturated rings. The molecular weight excluding hydrogens is 221 g/mol. The molecule has 2 rings (SSSR count). The smallest absolute Gasteiger partial charge is 1.00 e. The number of hydrogen-bond donors (Lipinski definition) is 1. The Labute approximate surface area is 119 Å². The first-order valence-corrected chi connectivity index (χ1v) is 5.29. The van der Waals surface area contributed by atoms with Gasteiger partial charge in [-0.2, -0.15) is 0 Å². The van der Waals surface area contributed by atoms with E-state index in [0.29, 0.717) is 5.56 Å². The van der Waals surface area contributed by atoms with Gasteiger partial charge in [-0.1, -0.05) is 18.2 Å². The number of benzene rings is 1. The van der Waals surface area contributed by atoms with Gasteiger partial charge in [0.1, 0.15) is 0 Å². The van der Waals surface area contributed by atoms with E-state index in [1.807, 2.05) is 42.1 Å². The topological polar surface area (TPSA) is 42.2 Å². The number of nitrogens with zero attached hydrogens (tertiary/aromatic N) is 1. The predicted octanol–water partition coefficient (Wildman–Crippen LogP) is 0.0102. The maximum absolute atomic E-state index is 10.7. The summed E-state index contributed by atoms with van der Waals surface area (Å²) in [6, 6.07) is 10.8. The molecule has 0 saturated carbocycles. The number of carbonyl (C=O) groups is 1. The summed E-state index contributed by atoms with van der Waals surface area (Å²) in [6.07, 6.45) is 5.93. The van der Waals surface area contributed by atoms with Crippen molar-refractivity contribution < 1.29 is 30.2 Å². The molecule has 88 valence electrons. The predicted molar refractivity (Wildman–Crippen MR) is 68.9 cm³/mol. The first-order valence-electron chi connectivity index (χ1n) is 5.29. The summed E-state index contributed by atoms with van der Waals surface area (Å²) in [6.45, 7) is 0. The van der Waals surface area contributed by atoms with Crippen LogP contribution in [0.5, 0.6) is 0 Å². The molecule has 0 aliphatic rings. The van der Waals surface area contributed by atoms with Crippen molar-refractivity contribution in [2.45, 2.75) is 0 Å². The average molecular weight is 235 g/mol. The number of rotatable bonds is 3. The Hall–Kier alpha value is -1.69. The number of aryl methyl sites for hydroxylation is 1. The molecule has 0 atom stereocenters. The van der Waals surface area contributed by atoms with E-state index >= 15 is 0 Å². The summed E-state index contributed by atoms with van der Waals surface area (Å²) >= 11 is 0. The molecule has 0 spiro atoms. The van der Waals surface area contributed by atoms with Gasteiger partial charge in [-0.15, -0.1) is 0 Å². The zero-order valence-corrected chi connectivity index (χ0v) is 10.5.